The van der Waals surface area contributed by atoms with Gasteiger partial charge in [0.05, 0.1) is 4.90 Å². The van der Waals surface area contributed by atoms with Gasteiger partial charge in [0.1, 0.15) is 0 Å². The Kier molecular flexibility index (Phi) is 5.52. The van der Waals surface area contributed by atoms with E-state index in [1.807, 2.05) is 0 Å². The second kappa shape index (κ2) is 6.16. The van der Waals surface area contributed by atoms with E-state index in [1.165, 1.54) is 18.2 Å². The topological polar surface area (TPSA) is 72.2 Å². The predicted octanol–water partition coefficient (Wildman–Crippen LogP) is 2.57. The van der Waals surface area contributed by atoms with Crippen molar-refractivity contribution in [2.45, 2.75) is 29.7 Å². The number of hydrogen-bond donors (Lipinski definition) is 2. The largest absolute Gasteiger partial charge is 0.324 e. The lowest BCUT2D eigenvalue weighted by molar-refractivity contribution is 0.251. The molecule has 1 saturated carbocycles. The molecule has 0 bridgehead atoms. The molecule has 1 aromatic carbocycles. The molecular formula is C11H15Cl3N2O2S. The average molecular weight is 346 g/mol. The Balaban J connectivity index is 0.00000180. The third kappa shape index (κ3) is 4.21. The molecule has 0 amide bonds. The Morgan fingerprint density at radius 3 is 2.16 bits per heavy atom. The quantitative estimate of drug-likeness (QED) is 0.881. The first-order valence-corrected chi connectivity index (χ1v) is 7.79. The molecule has 1 aliphatic carbocycles. The van der Waals surface area contributed by atoms with Gasteiger partial charge < -0.3 is 5.73 Å². The molecule has 0 unspecified atom stereocenters. The molecule has 108 valence electrons. The van der Waals surface area contributed by atoms with Crippen LogP contribution in [0.15, 0.2) is 23.1 Å². The molecule has 4 nitrogen and oxygen atoms in total. The van der Waals surface area contributed by atoms with E-state index in [1.54, 1.807) is 0 Å². The van der Waals surface area contributed by atoms with Crippen LogP contribution in [0.4, 0.5) is 0 Å². The Labute approximate surface area is 129 Å². The van der Waals surface area contributed by atoms with E-state index >= 15 is 0 Å². The third-order valence-corrected chi connectivity index (χ3v) is 4.93. The van der Waals surface area contributed by atoms with Crippen molar-refractivity contribution in [3.63, 3.8) is 0 Å². The summed E-state index contributed by atoms with van der Waals surface area (Å²) in [6.45, 7) is 0.236. The van der Waals surface area contributed by atoms with Gasteiger partial charge in [0.2, 0.25) is 10.0 Å². The van der Waals surface area contributed by atoms with Gasteiger partial charge in [-0.15, -0.1) is 12.4 Å². The van der Waals surface area contributed by atoms with Gasteiger partial charge in [0.25, 0.3) is 0 Å². The number of benzene rings is 1. The van der Waals surface area contributed by atoms with E-state index in [4.69, 9.17) is 28.9 Å². The van der Waals surface area contributed by atoms with Crippen molar-refractivity contribution in [2.24, 2.45) is 5.73 Å². The number of nitrogens with two attached hydrogens (primary N) is 1. The van der Waals surface area contributed by atoms with Crippen molar-refractivity contribution in [3.8, 4) is 0 Å². The Morgan fingerprint density at radius 2 is 1.74 bits per heavy atom. The van der Waals surface area contributed by atoms with Gasteiger partial charge in [0.15, 0.2) is 0 Å². The van der Waals surface area contributed by atoms with Gasteiger partial charge >= 0.3 is 0 Å². The number of hydrogen-bond acceptors (Lipinski definition) is 3. The van der Waals surface area contributed by atoms with Crippen molar-refractivity contribution < 1.29 is 8.42 Å². The summed E-state index contributed by atoms with van der Waals surface area (Å²) in [6.07, 6.45) is 2.72. The summed E-state index contributed by atoms with van der Waals surface area (Å²) in [5.74, 6) is 0. The van der Waals surface area contributed by atoms with E-state index in [-0.39, 0.29) is 33.9 Å². The summed E-state index contributed by atoms with van der Waals surface area (Å²) in [6, 6.07) is 4.21. The minimum Gasteiger partial charge on any atom is -0.324 e. The molecule has 19 heavy (non-hydrogen) atoms. The van der Waals surface area contributed by atoms with Crippen LogP contribution in [-0.2, 0) is 10.0 Å². The summed E-state index contributed by atoms with van der Waals surface area (Å²) in [4.78, 5) is 0.0583. The van der Waals surface area contributed by atoms with Crippen LogP contribution in [-0.4, -0.2) is 20.5 Å². The highest BCUT2D eigenvalue weighted by molar-refractivity contribution is 7.89. The lowest BCUT2D eigenvalue weighted by Crippen LogP contribution is -2.54. The summed E-state index contributed by atoms with van der Waals surface area (Å²) in [7, 11) is -3.61. The minimum atomic E-state index is -3.61. The lowest BCUT2D eigenvalue weighted by atomic mass is 9.78. The van der Waals surface area contributed by atoms with Gasteiger partial charge in [-0.1, -0.05) is 23.2 Å². The second-order valence-electron chi connectivity index (χ2n) is 4.65. The van der Waals surface area contributed by atoms with Crippen LogP contribution in [0, 0.1) is 0 Å². The standard InChI is InChI=1S/C11H14Cl2N2O2S.ClH/c12-8-4-9(13)6-10(5-8)18(16,17)15-7-11(14)2-1-3-11;/h4-6,15H,1-3,7,14H2;1H. The van der Waals surface area contributed by atoms with Gasteiger partial charge in [-0.3, -0.25) is 0 Å². The summed E-state index contributed by atoms with van der Waals surface area (Å²) < 4.78 is 26.6. The molecule has 2 rings (SSSR count). The average Bonchev–Trinajstić information content (AvgIpc) is 2.22. The zero-order valence-electron chi connectivity index (χ0n) is 10.0. The summed E-state index contributed by atoms with van der Waals surface area (Å²) >= 11 is 11.6. The molecule has 8 heteroatoms. The summed E-state index contributed by atoms with van der Waals surface area (Å²) in [5.41, 5.74) is 5.56. The normalized spacial score (nSPS) is 17.4. The van der Waals surface area contributed by atoms with Crippen LogP contribution in [0.5, 0.6) is 0 Å². The molecule has 3 N–H and O–H groups in total. The summed E-state index contributed by atoms with van der Waals surface area (Å²) in [5, 5.41) is 0.572. The Morgan fingerprint density at radius 1 is 1.21 bits per heavy atom. The fourth-order valence-electron chi connectivity index (χ4n) is 1.81. The van der Waals surface area contributed by atoms with Gasteiger partial charge in [-0.25, -0.2) is 13.1 Å². The molecular weight excluding hydrogens is 331 g/mol. The predicted molar refractivity (Wildman–Crippen MR) is 79.7 cm³/mol. The van der Waals surface area contributed by atoms with Crippen molar-refractivity contribution in [2.75, 3.05) is 6.54 Å². The van der Waals surface area contributed by atoms with Crippen LogP contribution in [0.1, 0.15) is 19.3 Å². The molecule has 0 saturated heterocycles. The molecule has 1 aliphatic rings. The smallest absolute Gasteiger partial charge is 0.240 e. The van der Waals surface area contributed by atoms with E-state index in [2.05, 4.69) is 4.72 Å². The molecule has 0 aliphatic heterocycles. The SMILES string of the molecule is Cl.NC1(CNS(=O)(=O)c2cc(Cl)cc(Cl)c2)CCC1. The van der Waals surface area contributed by atoms with Crippen LogP contribution in [0.25, 0.3) is 0 Å². The monoisotopic (exact) mass is 344 g/mol. The number of sulfonamides is 1. The van der Waals surface area contributed by atoms with Crippen LogP contribution in [0.2, 0.25) is 10.0 Å². The lowest BCUT2D eigenvalue weighted by Gasteiger charge is -2.38. The zero-order valence-corrected chi connectivity index (χ0v) is 13.2. The van der Waals surface area contributed by atoms with Crippen molar-refractivity contribution in [3.05, 3.63) is 28.2 Å². The third-order valence-electron chi connectivity index (χ3n) is 3.11. The molecule has 1 aromatic rings. The molecule has 0 spiro atoms. The maximum Gasteiger partial charge on any atom is 0.240 e. The zero-order chi connectivity index (χ0) is 13.4. The minimum absolute atomic E-state index is 0. The van der Waals surface area contributed by atoms with Crippen LogP contribution >= 0.6 is 35.6 Å². The molecule has 1 fully saturated rings. The van der Waals surface area contributed by atoms with E-state index in [0.29, 0.717) is 0 Å². The number of halogens is 3. The van der Waals surface area contributed by atoms with Gasteiger partial charge in [0, 0.05) is 22.1 Å². The second-order valence-corrected chi connectivity index (χ2v) is 7.29. The number of rotatable bonds is 4. The van der Waals surface area contributed by atoms with E-state index in [9.17, 15) is 8.42 Å². The Bertz CT molecular complexity index is 539. The van der Waals surface area contributed by atoms with Crippen LogP contribution < -0.4 is 10.5 Å². The van der Waals surface area contributed by atoms with Crippen molar-refractivity contribution in [1.82, 2.24) is 4.72 Å². The van der Waals surface area contributed by atoms with E-state index < -0.39 is 15.6 Å². The maximum atomic E-state index is 12.0. The van der Waals surface area contributed by atoms with Crippen LogP contribution in [0.3, 0.4) is 0 Å². The van der Waals surface area contributed by atoms with Gasteiger partial charge in [-0.05, 0) is 37.5 Å². The fourth-order valence-corrected chi connectivity index (χ4v) is 3.68. The van der Waals surface area contributed by atoms with E-state index in [0.717, 1.165) is 19.3 Å². The molecule has 0 heterocycles. The molecule has 0 atom stereocenters. The highest BCUT2D eigenvalue weighted by atomic mass is 35.5. The highest BCUT2D eigenvalue weighted by Gasteiger charge is 2.33. The Hall–Kier alpha value is -0.0400. The van der Waals surface area contributed by atoms with Crippen molar-refractivity contribution in [1.29, 1.82) is 0 Å². The first-order chi connectivity index (χ1) is 8.31. The molecule has 0 radical (unpaired) electrons. The van der Waals surface area contributed by atoms with Crippen molar-refractivity contribution >= 4 is 45.6 Å². The fraction of sp³-hybridized carbons (Fsp3) is 0.455. The first-order valence-electron chi connectivity index (χ1n) is 5.55. The first kappa shape index (κ1) is 17.0. The molecule has 0 aromatic heterocycles. The number of nitrogens with one attached hydrogen (secondary N) is 1. The maximum absolute atomic E-state index is 12.0. The highest BCUT2D eigenvalue weighted by Crippen LogP contribution is 2.29. The van der Waals surface area contributed by atoms with Gasteiger partial charge in [-0.2, -0.15) is 0 Å².